The summed E-state index contributed by atoms with van der Waals surface area (Å²) in [6.45, 7) is 2.29. The molecule has 2 aromatic carbocycles. The van der Waals surface area contributed by atoms with Gasteiger partial charge in [0.1, 0.15) is 6.04 Å². The number of urea groups is 1. The lowest BCUT2D eigenvalue weighted by Gasteiger charge is -2.27. The van der Waals surface area contributed by atoms with Crippen LogP contribution in [0.25, 0.3) is 0 Å². The van der Waals surface area contributed by atoms with Gasteiger partial charge in [-0.3, -0.25) is 0 Å². The number of carboxylic acid groups (broad SMARTS) is 1. The van der Waals surface area contributed by atoms with E-state index in [9.17, 15) is 14.7 Å². The van der Waals surface area contributed by atoms with Gasteiger partial charge >= 0.3 is 12.0 Å². The van der Waals surface area contributed by atoms with Gasteiger partial charge in [0.25, 0.3) is 0 Å². The van der Waals surface area contributed by atoms with E-state index in [-0.39, 0.29) is 12.6 Å². The van der Waals surface area contributed by atoms with E-state index >= 15 is 0 Å². The van der Waals surface area contributed by atoms with Crippen LogP contribution in [0.4, 0.5) is 4.79 Å². The predicted molar refractivity (Wildman–Crippen MR) is 97.2 cm³/mol. The second-order valence-corrected chi connectivity index (χ2v) is 5.95. The fourth-order valence-electron chi connectivity index (χ4n) is 2.53. The Morgan fingerprint density at radius 3 is 2.12 bits per heavy atom. The molecule has 0 fully saturated rings. The van der Waals surface area contributed by atoms with Crippen LogP contribution in [-0.2, 0) is 17.8 Å². The molecule has 0 aromatic heterocycles. The molecule has 2 aromatic rings. The summed E-state index contributed by atoms with van der Waals surface area (Å²) in [4.78, 5) is 25.1. The minimum absolute atomic E-state index is 0.263. The van der Waals surface area contributed by atoms with Crippen molar-refractivity contribution in [2.75, 3.05) is 6.54 Å². The highest BCUT2D eigenvalue weighted by Crippen LogP contribution is 2.09. The number of benzene rings is 2. The first-order chi connectivity index (χ1) is 12.1. The lowest BCUT2D eigenvalue weighted by molar-refractivity contribution is -0.141. The summed E-state index contributed by atoms with van der Waals surface area (Å²) >= 11 is 0. The van der Waals surface area contributed by atoms with Crippen molar-refractivity contribution in [1.82, 2.24) is 10.2 Å². The third kappa shape index (κ3) is 5.95. The Bertz CT molecular complexity index is 674. The lowest BCUT2D eigenvalue weighted by Crippen LogP contribution is -2.48. The number of nitrogens with zero attached hydrogens (tertiary/aromatic N) is 1. The Morgan fingerprint density at radius 2 is 1.56 bits per heavy atom. The largest absolute Gasteiger partial charge is 0.480 e. The number of aryl methyl sites for hydroxylation is 1. The molecule has 25 heavy (non-hydrogen) atoms. The molecule has 0 radical (unpaired) electrons. The molecule has 2 N–H and O–H groups in total. The van der Waals surface area contributed by atoms with Gasteiger partial charge < -0.3 is 15.3 Å². The molecule has 0 heterocycles. The third-order valence-electron chi connectivity index (χ3n) is 4.04. The molecule has 1 atom stereocenters. The average Bonchev–Trinajstić information content (AvgIpc) is 2.64. The first-order valence-corrected chi connectivity index (χ1v) is 8.43. The summed E-state index contributed by atoms with van der Waals surface area (Å²) in [5.74, 6) is -1.02. The predicted octanol–water partition coefficient (Wildman–Crippen LogP) is 3.30. The molecule has 0 aliphatic carbocycles. The van der Waals surface area contributed by atoms with Crippen LogP contribution in [-0.4, -0.2) is 34.6 Å². The van der Waals surface area contributed by atoms with E-state index in [0.29, 0.717) is 6.54 Å². The summed E-state index contributed by atoms with van der Waals surface area (Å²) in [6, 6.07) is 18.2. The first-order valence-electron chi connectivity index (χ1n) is 8.43. The fourth-order valence-corrected chi connectivity index (χ4v) is 2.53. The standard InChI is InChI=1S/C20H24N2O3/c1-16(19(23)24)22(15-18-11-6-3-7-12-18)20(25)21-14-8-13-17-9-4-2-5-10-17/h2-7,9-12,16H,8,13-15H2,1H3,(H,21,25)(H,23,24). The molecule has 2 rings (SSSR count). The molecule has 0 aliphatic rings. The van der Waals surface area contributed by atoms with Crippen molar-refractivity contribution in [3.05, 3.63) is 71.8 Å². The number of aliphatic carboxylic acids is 1. The van der Waals surface area contributed by atoms with Gasteiger partial charge in [0.2, 0.25) is 0 Å². The van der Waals surface area contributed by atoms with Crippen LogP contribution in [0, 0.1) is 0 Å². The number of rotatable bonds is 8. The Hall–Kier alpha value is -2.82. The second-order valence-electron chi connectivity index (χ2n) is 5.95. The Morgan fingerprint density at radius 1 is 1.00 bits per heavy atom. The summed E-state index contributed by atoms with van der Waals surface area (Å²) in [5, 5.41) is 12.1. The lowest BCUT2D eigenvalue weighted by atomic mass is 10.1. The van der Waals surface area contributed by atoms with Crippen molar-refractivity contribution >= 4 is 12.0 Å². The number of carbonyl (C=O) groups is 2. The zero-order chi connectivity index (χ0) is 18.1. The molecule has 5 nitrogen and oxygen atoms in total. The molecule has 0 bridgehead atoms. The van der Waals surface area contributed by atoms with Crippen LogP contribution in [0.15, 0.2) is 60.7 Å². The molecule has 1 unspecified atom stereocenters. The molecule has 132 valence electrons. The van der Waals surface area contributed by atoms with Gasteiger partial charge in [-0.25, -0.2) is 9.59 Å². The smallest absolute Gasteiger partial charge is 0.326 e. The van der Waals surface area contributed by atoms with E-state index in [4.69, 9.17) is 0 Å². The summed E-state index contributed by atoms with van der Waals surface area (Å²) in [7, 11) is 0. The second kappa shape index (κ2) is 9.47. The monoisotopic (exact) mass is 340 g/mol. The molecule has 0 spiro atoms. The molecule has 0 saturated carbocycles. The van der Waals surface area contributed by atoms with E-state index in [1.54, 1.807) is 0 Å². The Labute approximate surface area is 148 Å². The highest BCUT2D eigenvalue weighted by Gasteiger charge is 2.25. The van der Waals surface area contributed by atoms with E-state index in [2.05, 4.69) is 17.4 Å². The summed E-state index contributed by atoms with van der Waals surface area (Å²) in [5.41, 5.74) is 2.12. The van der Waals surface area contributed by atoms with Crippen LogP contribution < -0.4 is 5.32 Å². The van der Waals surface area contributed by atoms with Gasteiger partial charge in [0.15, 0.2) is 0 Å². The van der Waals surface area contributed by atoms with Gasteiger partial charge in [-0.1, -0.05) is 60.7 Å². The van der Waals surface area contributed by atoms with E-state index < -0.39 is 12.0 Å². The number of amides is 2. The molecule has 5 heteroatoms. The van der Waals surface area contributed by atoms with Crippen LogP contribution >= 0.6 is 0 Å². The average molecular weight is 340 g/mol. The van der Waals surface area contributed by atoms with Crippen molar-refractivity contribution in [2.24, 2.45) is 0 Å². The molecular weight excluding hydrogens is 316 g/mol. The van der Waals surface area contributed by atoms with Crippen LogP contribution in [0.5, 0.6) is 0 Å². The maximum absolute atomic E-state index is 12.5. The van der Waals surface area contributed by atoms with Crippen molar-refractivity contribution < 1.29 is 14.7 Å². The van der Waals surface area contributed by atoms with Crippen LogP contribution in [0.2, 0.25) is 0 Å². The van der Waals surface area contributed by atoms with Gasteiger partial charge in [-0.2, -0.15) is 0 Å². The van der Waals surface area contributed by atoms with E-state index in [0.717, 1.165) is 18.4 Å². The fraction of sp³-hybridized carbons (Fsp3) is 0.300. The minimum atomic E-state index is -1.02. The number of carbonyl (C=O) groups excluding carboxylic acids is 1. The van der Waals surface area contributed by atoms with E-state index in [1.165, 1.54) is 17.4 Å². The van der Waals surface area contributed by atoms with Gasteiger partial charge in [-0.15, -0.1) is 0 Å². The third-order valence-corrected chi connectivity index (χ3v) is 4.04. The maximum Gasteiger partial charge on any atom is 0.326 e. The number of nitrogens with one attached hydrogen (secondary N) is 1. The Kier molecular flexibility index (Phi) is 7.01. The molecule has 0 aliphatic heterocycles. The minimum Gasteiger partial charge on any atom is -0.480 e. The van der Waals surface area contributed by atoms with E-state index in [1.807, 2.05) is 48.5 Å². The molecule has 2 amide bonds. The zero-order valence-electron chi connectivity index (χ0n) is 14.4. The van der Waals surface area contributed by atoms with Crippen molar-refractivity contribution in [1.29, 1.82) is 0 Å². The number of carboxylic acids is 1. The van der Waals surface area contributed by atoms with Crippen molar-refractivity contribution in [3.63, 3.8) is 0 Å². The SMILES string of the molecule is CC(C(=O)O)N(Cc1ccccc1)C(=O)NCCCc1ccccc1. The number of hydrogen-bond donors (Lipinski definition) is 2. The van der Waals surface area contributed by atoms with Gasteiger partial charge in [-0.05, 0) is 30.9 Å². The van der Waals surface area contributed by atoms with Crippen molar-refractivity contribution in [3.8, 4) is 0 Å². The normalized spacial score (nSPS) is 11.6. The van der Waals surface area contributed by atoms with Gasteiger partial charge in [0, 0.05) is 13.1 Å². The molecular formula is C20H24N2O3. The zero-order valence-corrected chi connectivity index (χ0v) is 14.4. The highest BCUT2D eigenvalue weighted by molar-refractivity contribution is 5.82. The summed E-state index contributed by atoms with van der Waals surface area (Å²) < 4.78 is 0. The van der Waals surface area contributed by atoms with Gasteiger partial charge in [0.05, 0.1) is 0 Å². The quantitative estimate of drug-likeness (QED) is 0.724. The maximum atomic E-state index is 12.5. The number of hydrogen-bond acceptors (Lipinski definition) is 2. The molecule has 0 saturated heterocycles. The topological polar surface area (TPSA) is 69.6 Å². The Balaban J connectivity index is 1.89. The van der Waals surface area contributed by atoms with Crippen LogP contribution in [0.1, 0.15) is 24.5 Å². The first kappa shape index (κ1) is 18.5. The summed E-state index contributed by atoms with van der Waals surface area (Å²) in [6.07, 6.45) is 1.67. The van der Waals surface area contributed by atoms with Crippen LogP contribution in [0.3, 0.4) is 0 Å². The highest BCUT2D eigenvalue weighted by atomic mass is 16.4. The van der Waals surface area contributed by atoms with Crippen molar-refractivity contribution in [2.45, 2.75) is 32.4 Å².